The summed E-state index contributed by atoms with van der Waals surface area (Å²) in [5.74, 6) is -0.00974. The molecule has 0 aromatic heterocycles. The lowest BCUT2D eigenvalue weighted by Crippen LogP contribution is -2.23. The second kappa shape index (κ2) is 5.19. The maximum absolute atomic E-state index is 13.4. The predicted octanol–water partition coefficient (Wildman–Crippen LogP) is 3.74. The van der Waals surface area contributed by atoms with Crippen LogP contribution in [0.25, 0.3) is 0 Å². The molecule has 0 amide bonds. The summed E-state index contributed by atoms with van der Waals surface area (Å²) in [7, 11) is 1.48. The standard InChI is InChI=1S/C15H14ClFO2/c1-15(18,10-4-3-5-11(16)8-10)13-9-12(17)6-7-14(13)19-2/h3-9,18H,1-2H3. The molecule has 4 heteroatoms. The molecule has 0 fully saturated rings. The molecule has 2 rings (SSSR count). The topological polar surface area (TPSA) is 29.5 Å². The van der Waals surface area contributed by atoms with E-state index in [1.165, 1.54) is 25.3 Å². The Morgan fingerprint density at radius 1 is 1.21 bits per heavy atom. The van der Waals surface area contributed by atoms with Crippen molar-refractivity contribution in [2.75, 3.05) is 7.11 Å². The van der Waals surface area contributed by atoms with Crippen LogP contribution in [0.2, 0.25) is 5.02 Å². The molecule has 1 atom stereocenters. The van der Waals surface area contributed by atoms with Gasteiger partial charge in [0.1, 0.15) is 17.2 Å². The van der Waals surface area contributed by atoms with E-state index in [9.17, 15) is 9.50 Å². The highest BCUT2D eigenvalue weighted by molar-refractivity contribution is 6.30. The molecule has 1 N–H and O–H groups in total. The largest absolute Gasteiger partial charge is 0.496 e. The molecule has 19 heavy (non-hydrogen) atoms. The van der Waals surface area contributed by atoms with Gasteiger partial charge in [0.05, 0.1) is 7.11 Å². The Bertz CT molecular complexity index is 596. The van der Waals surface area contributed by atoms with E-state index >= 15 is 0 Å². The van der Waals surface area contributed by atoms with Crippen LogP contribution in [0.3, 0.4) is 0 Å². The van der Waals surface area contributed by atoms with Crippen LogP contribution in [-0.2, 0) is 5.60 Å². The van der Waals surface area contributed by atoms with Crippen LogP contribution in [0.5, 0.6) is 5.75 Å². The van der Waals surface area contributed by atoms with Crippen LogP contribution in [0.4, 0.5) is 4.39 Å². The molecular formula is C15H14ClFO2. The number of rotatable bonds is 3. The first kappa shape index (κ1) is 13.8. The summed E-state index contributed by atoms with van der Waals surface area (Å²) in [4.78, 5) is 0. The highest BCUT2D eigenvalue weighted by atomic mass is 35.5. The summed E-state index contributed by atoms with van der Waals surface area (Å²) in [5, 5.41) is 11.2. The van der Waals surface area contributed by atoms with Gasteiger partial charge in [-0.05, 0) is 42.8 Å². The molecule has 0 spiro atoms. The molecule has 2 nitrogen and oxygen atoms in total. The van der Waals surface area contributed by atoms with Gasteiger partial charge in [-0.3, -0.25) is 0 Å². The van der Waals surface area contributed by atoms with E-state index < -0.39 is 11.4 Å². The van der Waals surface area contributed by atoms with E-state index in [1.807, 2.05) is 0 Å². The number of ether oxygens (including phenoxy) is 1. The maximum atomic E-state index is 13.4. The first-order chi connectivity index (χ1) is 8.95. The average molecular weight is 281 g/mol. The number of halogens is 2. The number of hydrogen-bond acceptors (Lipinski definition) is 2. The van der Waals surface area contributed by atoms with Crippen LogP contribution in [0.1, 0.15) is 18.1 Å². The third-order valence-electron chi connectivity index (χ3n) is 3.07. The molecule has 0 aliphatic carbocycles. The van der Waals surface area contributed by atoms with E-state index in [4.69, 9.17) is 16.3 Å². The Hall–Kier alpha value is -1.58. The van der Waals surface area contributed by atoms with Crippen molar-refractivity contribution in [1.29, 1.82) is 0 Å². The van der Waals surface area contributed by atoms with E-state index in [0.29, 0.717) is 21.9 Å². The van der Waals surface area contributed by atoms with E-state index in [-0.39, 0.29) is 0 Å². The van der Waals surface area contributed by atoms with Crippen molar-refractivity contribution in [2.45, 2.75) is 12.5 Å². The Morgan fingerprint density at radius 2 is 1.95 bits per heavy atom. The van der Waals surface area contributed by atoms with Crippen LogP contribution >= 0.6 is 11.6 Å². The van der Waals surface area contributed by atoms with Gasteiger partial charge in [-0.15, -0.1) is 0 Å². The smallest absolute Gasteiger partial charge is 0.125 e. The zero-order valence-electron chi connectivity index (χ0n) is 10.7. The van der Waals surface area contributed by atoms with Crippen LogP contribution in [0.15, 0.2) is 42.5 Å². The number of benzene rings is 2. The SMILES string of the molecule is COc1ccc(F)cc1C(C)(O)c1cccc(Cl)c1. The van der Waals surface area contributed by atoms with Gasteiger partial charge in [0.15, 0.2) is 0 Å². The highest BCUT2D eigenvalue weighted by Crippen LogP contribution is 2.36. The van der Waals surface area contributed by atoms with Crippen molar-refractivity contribution in [3.8, 4) is 5.75 Å². The fourth-order valence-electron chi connectivity index (χ4n) is 2.01. The lowest BCUT2D eigenvalue weighted by Gasteiger charge is -2.26. The summed E-state index contributed by atoms with van der Waals surface area (Å²) in [6.07, 6.45) is 0. The normalized spacial score (nSPS) is 13.9. The van der Waals surface area contributed by atoms with Gasteiger partial charge in [0.25, 0.3) is 0 Å². The molecule has 0 bridgehead atoms. The molecule has 0 aliphatic heterocycles. The quantitative estimate of drug-likeness (QED) is 0.928. The molecule has 0 saturated carbocycles. The molecule has 1 unspecified atom stereocenters. The molecular weight excluding hydrogens is 267 g/mol. The Balaban J connectivity index is 2.58. The van der Waals surface area contributed by atoms with Gasteiger partial charge >= 0.3 is 0 Å². The van der Waals surface area contributed by atoms with Gasteiger partial charge in [-0.25, -0.2) is 4.39 Å². The third kappa shape index (κ3) is 2.72. The molecule has 2 aromatic carbocycles. The lowest BCUT2D eigenvalue weighted by atomic mass is 9.87. The Labute approximate surface area is 116 Å². The van der Waals surface area contributed by atoms with Crippen molar-refractivity contribution >= 4 is 11.6 Å². The van der Waals surface area contributed by atoms with Crippen molar-refractivity contribution in [2.24, 2.45) is 0 Å². The maximum Gasteiger partial charge on any atom is 0.125 e. The minimum Gasteiger partial charge on any atom is -0.496 e. The zero-order valence-corrected chi connectivity index (χ0v) is 11.4. The molecule has 0 aliphatic rings. The minimum atomic E-state index is -1.39. The predicted molar refractivity (Wildman–Crippen MR) is 73.1 cm³/mol. The lowest BCUT2D eigenvalue weighted by molar-refractivity contribution is 0.0985. The van der Waals surface area contributed by atoms with Crippen LogP contribution in [-0.4, -0.2) is 12.2 Å². The van der Waals surface area contributed by atoms with Crippen molar-refractivity contribution in [3.63, 3.8) is 0 Å². The van der Waals surface area contributed by atoms with Gasteiger partial charge in [-0.2, -0.15) is 0 Å². The van der Waals surface area contributed by atoms with E-state index in [1.54, 1.807) is 31.2 Å². The Kier molecular flexibility index (Phi) is 3.78. The summed E-state index contributed by atoms with van der Waals surface area (Å²) in [5.41, 5.74) is -0.459. The van der Waals surface area contributed by atoms with Gasteiger partial charge in [0, 0.05) is 10.6 Å². The van der Waals surface area contributed by atoms with Crippen LogP contribution in [0, 0.1) is 5.82 Å². The molecule has 0 radical (unpaired) electrons. The van der Waals surface area contributed by atoms with Crippen molar-refractivity contribution in [1.82, 2.24) is 0 Å². The summed E-state index contributed by atoms with van der Waals surface area (Å²) >= 11 is 5.93. The molecule has 2 aromatic rings. The number of methoxy groups -OCH3 is 1. The van der Waals surface area contributed by atoms with Crippen molar-refractivity contribution in [3.05, 3.63) is 64.4 Å². The van der Waals surface area contributed by atoms with Gasteiger partial charge in [-0.1, -0.05) is 23.7 Å². The molecule has 100 valence electrons. The molecule has 0 heterocycles. The fourth-order valence-corrected chi connectivity index (χ4v) is 2.20. The summed E-state index contributed by atoms with van der Waals surface area (Å²) < 4.78 is 18.6. The van der Waals surface area contributed by atoms with E-state index in [2.05, 4.69) is 0 Å². The second-order valence-corrected chi connectivity index (χ2v) is 4.86. The fraction of sp³-hybridized carbons (Fsp3) is 0.200. The minimum absolute atomic E-state index is 0.359. The number of hydrogen-bond donors (Lipinski definition) is 1. The first-order valence-electron chi connectivity index (χ1n) is 5.77. The van der Waals surface area contributed by atoms with Gasteiger partial charge < -0.3 is 9.84 Å². The third-order valence-corrected chi connectivity index (χ3v) is 3.31. The summed E-state index contributed by atoms with van der Waals surface area (Å²) in [6, 6.07) is 10.9. The van der Waals surface area contributed by atoms with Crippen LogP contribution < -0.4 is 4.74 Å². The van der Waals surface area contributed by atoms with Crippen molar-refractivity contribution < 1.29 is 14.2 Å². The number of aliphatic hydroxyl groups is 1. The first-order valence-corrected chi connectivity index (χ1v) is 6.15. The second-order valence-electron chi connectivity index (χ2n) is 4.43. The monoisotopic (exact) mass is 280 g/mol. The van der Waals surface area contributed by atoms with E-state index in [0.717, 1.165) is 0 Å². The zero-order chi connectivity index (χ0) is 14.0. The summed E-state index contributed by atoms with van der Waals surface area (Å²) in [6.45, 7) is 1.58. The Morgan fingerprint density at radius 3 is 2.58 bits per heavy atom. The average Bonchev–Trinajstić information content (AvgIpc) is 2.38. The van der Waals surface area contributed by atoms with Gasteiger partial charge in [0.2, 0.25) is 0 Å². The highest BCUT2D eigenvalue weighted by Gasteiger charge is 2.29. The molecule has 0 saturated heterocycles.